The van der Waals surface area contributed by atoms with E-state index in [-0.39, 0.29) is 11.7 Å². The van der Waals surface area contributed by atoms with Crippen LogP contribution in [-0.2, 0) is 4.79 Å². The Morgan fingerprint density at radius 1 is 1.19 bits per heavy atom. The van der Waals surface area contributed by atoms with Gasteiger partial charge in [0.1, 0.15) is 11.6 Å². The number of nitrogens with one attached hydrogen (secondary N) is 1. The number of hydrogen-bond donors (Lipinski definition) is 1. The third kappa shape index (κ3) is 2.40. The topological polar surface area (TPSA) is 38.3 Å². The maximum atomic E-state index is 13.4. The molecule has 0 fully saturated rings. The van der Waals surface area contributed by atoms with E-state index in [9.17, 15) is 9.18 Å². The standard InChI is InChI=1S/C17H14FNO2/c1-10-7-11(3-6-16(10)21-2)8-14-13-9-12(18)4-5-15(13)19-17(14)20/h3-9H,1-2H3,(H,19,20)/b14-8+. The first-order valence-corrected chi connectivity index (χ1v) is 6.56. The van der Waals surface area contributed by atoms with E-state index in [0.717, 1.165) is 16.9 Å². The van der Waals surface area contributed by atoms with Crippen molar-refractivity contribution in [3.8, 4) is 5.75 Å². The molecule has 1 heterocycles. The molecule has 0 unspecified atom stereocenters. The largest absolute Gasteiger partial charge is 0.496 e. The lowest BCUT2D eigenvalue weighted by Gasteiger charge is -2.05. The van der Waals surface area contributed by atoms with Crippen LogP contribution in [0, 0.1) is 12.7 Å². The van der Waals surface area contributed by atoms with Crippen LogP contribution in [0.2, 0.25) is 0 Å². The summed E-state index contributed by atoms with van der Waals surface area (Å²) >= 11 is 0. The molecule has 0 saturated carbocycles. The Morgan fingerprint density at radius 2 is 2.00 bits per heavy atom. The first-order chi connectivity index (χ1) is 10.1. The smallest absolute Gasteiger partial charge is 0.256 e. The number of carbonyl (C=O) groups is 1. The van der Waals surface area contributed by atoms with Gasteiger partial charge in [-0.2, -0.15) is 0 Å². The molecule has 0 radical (unpaired) electrons. The van der Waals surface area contributed by atoms with E-state index in [1.807, 2.05) is 25.1 Å². The third-order valence-electron chi connectivity index (χ3n) is 3.49. The van der Waals surface area contributed by atoms with Gasteiger partial charge in [-0.1, -0.05) is 6.07 Å². The van der Waals surface area contributed by atoms with Crippen LogP contribution in [0.25, 0.3) is 11.6 Å². The zero-order valence-electron chi connectivity index (χ0n) is 11.7. The molecule has 1 amide bonds. The zero-order valence-corrected chi connectivity index (χ0v) is 11.7. The lowest BCUT2D eigenvalue weighted by Crippen LogP contribution is -2.03. The van der Waals surface area contributed by atoms with Crippen LogP contribution >= 0.6 is 0 Å². The minimum absolute atomic E-state index is 0.218. The number of methoxy groups -OCH3 is 1. The average molecular weight is 283 g/mol. The van der Waals surface area contributed by atoms with Crippen LogP contribution in [-0.4, -0.2) is 13.0 Å². The summed E-state index contributed by atoms with van der Waals surface area (Å²) in [6.07, 6.45) is 1.76. The van der Waals surface area contributed by atoms with Crippen molar-refractivity contribution in [3.63, 3.8) is 0 Å². The molecule has 106 valence electrons. The Morgan fingerprint density at radius 3 is 2.71 bits per heavy atom. The first kappa shape index (κ1) is 13.4. The number of fused-ring (bicyclic) bond motifs is 1. The number of aryl methyl sites for hydroxylation is 1. The molecule has 1 N–H and O–H groups in total. The minimum atomic E-state index is -0.359. The Bertz CT molecular complexity index is 765. The van der Waals surface area contributed by atoms with Crippen LogP contribution in [0.4, 0.5) is 10.1 Å². The molecule has 3 rings (SSSR count). The summed E-state index contributed by atoms with van der Waals surface area (Å²) < 4.78 is 18.6. The lowest BCUT2D eigenvalue weighted by molar-refractivity contribution is -0.110. The summed E-state index contributed by atoms with van der Waals surface area (Å²) in [5, 5.41) is 2.73. The predicted octanol–water partition coefficient (Wildman–Crippen LogP) is 3.64. The van der Waals surface area contributed by atoms with E-state index in [4.69, 9.17) is 4.74 Å². The number of benzene rings is 2. The van der Waals surface area contributed by atoms with E-state index in [2.05, 4.69) is 5.32 Å². The highest BCUT2D eigenvalue weighted by Gasteiger charge is 2.24. The van der Waals surface area contributed by atoms with Gasteiger partial charge in [-0.05, 0) is 54.5 Å². The molecule has 2 aromatic carbocycles. The summed E-state index contributed by atoms with van der Waals surface area (Å²) in [5.41, 5.74) is 3.54. The van der Waals surface area contributed by atoms with E-state index in [1.165, 1.54) is 12.1 Å². The van der Waals surface area contributed by atoms with Gasteiger partial charge in [0.15, 0.2) is 0 Å². The molecule has 4 heteroatoms. The second kappa shape index (κ2) is 5.05. The molecule has 1 aliphatic heterocycles. The fourth-order valence-corrected chi connectivity index (χ4v) is 2.46. The Hall–Kier alpha value is -2.62. The van der Waals surface area contributed by atoms with Gasteiger partial charge in [-0.25, -0.2) is 4.39 Å². The van der Waals surface area contributed by atoms with E-state index in [0.29, 0.717) is 16.8 Å². The van der Waals surface area contributed by atoms with Crippen LogP contribution in [0.3, 0.4) is 0 Å². The lowest BCUT2D eigenvalue weighted by atomic mass is 10.0. The number of ether oxygens (including phenoxy) is 1. The van der Waals surface area contributed by atoms with Crippen molar-refractivity contribution in [2.45, 2.75) is 6.92 Å². The average Bonchev–Trinajstić information content (AvgIpc) is 2.75. The predicted molar refractivity (Wildman–Crippen MR) is 80.6 cm³/mol. The van der Waals surface area contributed by atoms with Crippen molar-refractivity contribution >= 4 is 23.2 Å². The zero-order chi connectivity index (χ0) is 15.0. The van der Waals surface area contributed by atoms with E-state index < -0.39 is 0 Å². The fraction of sp³-hybridized carbons (Fsp3) is 0.118. The van der Waals surface area contributed by atoms with Crippen molar-refractivity contribution in [1.29, 1.82) is 0 Å². The molecule has 21 heavy (non-hydrogen) atoms. The molecule has 0 bridgehead atoms. The van der Waals surface area contributed by atoms with Gasteiger partial charge in [0.25, 0.3) is 5.91 Å². The second-order valence-corrected chi connectivity index (χ2v) is 4.93. The summed E-state index contributed by atoms with van der Waals surface area (Å²) in [4.78, 5) is 12.0. The summed E-state index contributed by atoms with van der Waals surface area (Å²) in [5.74, 6) is 0.214. The molecule has 0 atom stereocenters. The van der Waals surface area contributed by atoms with Gasteiger partial charge < -0.3 is 10.1 Å². The molecule has 0 saturated heterocycles. The van der Waals surface area contributed by atoms with Crippen molar-refractivity contribution in [2.24, 2.45) is 0 Å². The molecule has 0 aliphatic carbocycles. The Labute approximate surface area is 122 Å². The van der Waals surface area contributed by atoms with Crippen molar-refractivity contribution < 1.29 is 13.9 Å². The number of hydrogen-bond acceptors (Lipinski definition) is 2. The van der Waals surface area contributed by atoms with Crippen molar-refractivity contribution in [2.75, 3.05) is 12.4 Å². The monoisotopic (exact) mass is 283 g/mol. The van der Waals surface area contributed by atoms with Crippen molar-refractivity contribution in [1.82, 2.24) is 0 Å². The number of halogens is 1. The molecule has 1 aliphatic rings. The summed E-state index contributed by atoms with van der Waals surface area (Å²) in [7, 11) is 1.61. The van der Waals surface area contributed by atoms with Gasteiger partial charge in [-0.15, -0.1) is 0 Å². The third-order valence-corrected chi connectivity index (χ3v) is 3.49. The maximum Gasteiger partial charge on any atom is 0.256 e. The SMILES string of the molecule is COc1ccc(/C=C2/C(=O)Nc3ccc(F)cc32)cc1C. The molecule has 3 nitrogen and oxygen atoms in total. The number of rotatable bonds is 2. The summed E-state index contributed by atoms with van der Waals surface area (Å²) in [6.45, 7) is 1.93. The molecule has 0 spiro atoms. The molecular weight excluding hydrogens is 269 g/mol. The highest BCUT2D eigenvalue weighted by molar-refractivity contribution is 6.34. The highest BCUT2D eigenvalue weighted by Crippen LogP contribution is 2.34. The van der Waals surface area contributed by atoms with Crippen molar-refractivity contribution in [3.05, 3.63) is 58.9 Å². The molecule has 2 aromatic rings. The van der Waals surface area contributed by atoms with Gasteiger partial charge >= 0.3 is 0 Å². The van der Waals surface area contributed by atoms with Gasteiger partial charge in [0, 0.05) is 16.8 Å². The first-order valence-electron chi connectivity index (χ1n) is 6.56. The van der Waals surface area contributed by atoms with Crippen LogP contribution in [0.5, 0.6) is 5.75 Å². The fourth-order valence-electron chi connectivity index (χ4n) is 2.46. The molecular formula is C17H14FNO2. The van der Waals surface area contributed by atoms with E-state index >= 15 is 0 Å². The summed E-state index contributed by atoms with van der Waals surface area (Å²) in [6, 6.07) is 9.92. The van der Waals surface area contributed by atoms with E-state index in [1.54, 1.807) is 19.3 Å². The second-order valence-electron chi connectivity index (χ2n) is 4.93. The van der Waals surface area contributed by atoms with Gasteiger partial charge in [0.2, 0.25) is 0 Å². The van der Waals surface area contributed by atoms with Crippen LogP contribution in [0.15, 0.2) is 36.4 Å². The van der Waals surface area contributed by atoms with Gasteiger partial charge in [-0.3, -0.25) is 4.79 Å². The normalized spacial score (nSPS) is 15.0. The maximum absolute atomic E-state index is 13.4. The van der Waals surface area contributed by atoms with Gasteiger partial charge in [0.05, 0.1) is 7.11 Å². The number of amides is 1. The quantitative estimate of drug-likeness (QED) is 0.855. The number of carbonyl (C=O) groups excluding carboxylic acids is 1. The minimum Gasteiger partial charge on any atom is -0.496 e. The van der Waals surface area contributed by atoms with Crippen LogP contribution < -0.4 is 10.1 Å². The highest BCUT2D eigenvalue weighted by atomic mass is 19.1. The van der Waals surface area contributed by atoms with Crippen LogP contribution in [0.1, 0.15) is 16.7 Å². The molecule has 0 aromatic heterocycles. The number of anilines is 1. The Balaban J connectivity index is 2.06. The Kier molecular flexibility index (Phi) is 3.22.